The molecular formula is C24H38IN7O. The Balaban J connectivity index is 0.00000306. The number of rotatable bonds is 7. The first kappa shape index (κ1) is 25.6. The van der Waals surface area contributed by atoms with E-state index in [2.05, 4.69) is 47.4 Å². The number of aromatic nitrogens is 3. The Labute approximate surface area is 214 Å². The largest absolute Gasteiger partial charge is 0.495 e. The van der Waals surface area contributed by atoms with Gasteiger partial charge >= 0.3 is 0 Å². The van der Waals surface area contributed by atoms with Gasteiger partial charge in [0.25, 0.3) is 0 Å². The maximum absolute atomic E-state index is 5.56. The molecule has 1 atom stereocenters. The van der Waals surface area contributed by atoms with Crippen molar-refractivity contribution >= 4 is 35.6 Å². The lowest BCUT2D eigenvalue weighted by Crippen LogP contribution is -2.51. The summed E-state index contributed by atoms with van der Waals surface area (Å²) >= 11 is 0. The number of ether oxygens (including phenoxy) is 1. The molecule has 1 unspecified atom stereocenters. The number of methoxy groups -OCH3 is 1. The van der Waals surface area contributed by atoms with Crippen LogP contribution in [0.1, 0.15) is 50.2 Å². The number of nitrogens with zero attached hydrogens (tertiary/aromatic N) is 5. The normalized spacial score (nSPS) is 18.7. The van der Waals surface area contributed by atoms with Gasteiger partial charge in [0.1, 0.15) is 17.4 Å². The molecule has 2 aromatic rings. The van der Waals surface area contributed by atoms with Gasteiger partial charge in [-0.1, -0.05) is 18.6 Å². The van der Waals surface area contributed by atoms with Crippen molar-refractivity contribution in [3.8, 4) is 5.75 Å². The minimum Gasteiger partial charge on any atom is -0.495 e. The summed E-state index contributed by atoms with van der Waals surface area (Å²) in [6.45, 7) is 3.92. The number of halogens is 1. The summed E-state index contributed by atoms with van der Waals surface area (Å²) in [7, 11) is 3.58. The number of guanidine groups is 1. The lowest BCUT2D eigenvalue weighted by Gasteiger charge is -2.36. The summed E-state index contributed by atoms with van der Waals surface area (Å²) in [5.41, 5.74) is 1.16. The zero-order chi connectivity index (χ0) is 22.2. The molecule has 182 valence electrons. The third kappa shape index (κ3) is 6.74. The highest BCUT2D eigenvalue weighted by Gasteiger charge is 2.23. The first-order valence-electron chi connectivity index (χ1n) is 12.0. The number of aryl methyl sites for hydroxylation is 2. The van der Waals surface area contributed by atoms with Crippen LogP contribution in [0, 0.1) is 0 Å². The van der Waals surface area contributed by atoms with Crippen LogP contribution >= 0.6 is 24.0 Å². The predicted molar refractivity (Wildman–Crippen MR) is 144 cm³/mol. The molecule has 1 fully saturated rings. The van der Waals surface area contributed by atoms with Gasteiger partial charge in [0.2, 0.25) is 0 Å². The van der Waals surface area contributed by atoms with E-state index in [0.29, 0.717) is 6.04 Å². The quantitative estimate of drug-likeness (QED) is 0.231. The SMILES string of the molecule is CN=C(NCCCc1nnc2n1CCCCC2)NC1CCCN(c2ccccc2OC)C1.I. The van der Waals surface area contributed by atoms with Crippen LogP contribution in [-0.4, -0.2) is 60.6 Å². The average molecular weight is 568 g/mol. The summed E-state index contributed by atoms with van der Waals surface area (Å²) in [5.74, 6) is 4.10. The van der Waals surface area contributed by atoms with E-state index in [0.717, 1.165) is 81.5 Å². The number of benzene rings is 1. The van der Waals surface area contributed by atoms with Gasteiger partial charge in [-0.05, 0) is 44.2 Å². The minimum atomic E-state index is 0. The van der Waals surface area contributed by atoms with Gasteiger partial charge in [-0.15, -0.1) is 34.2 Å². The molecule has 9 heteroatoms. The predicted octanol–water partition coefficient (Wildman–Crippen LogP) is 3.40. The van der Waals surface area contributed by atoms with Crippen molar-refractivity contribution < 1.29 is 4.74 Å². The summed E-state index contributed by atoms with van der Waals surface area (Å²) < 4.78 is 7.91. The molecule has 0 aliphatic carbocycles. The van der Waals surface area contributed by atoms with E-state index in [1.54, 1.807) is 7.11 Å². The summed E-state index contributed by atoms with van der Waals surface area (Å²) in [5, 5.41) is 16.0. The highest BCUT2D eigenvalue weighted by atomic mass is 127. The number of hydrogen-bond donors (Lipinski definition) is 2. The molecule has 1 saturated heterocycles. The highest BCUT2D eigenvalue weighted by molar-refractivity contribution is 14.0. The van der Waals surface area contributed by atoms with Gasteiger partial charge in [-0.2, -0.15) is 0 Å². The van der Waals surface area contributed by atoms with E-state index in [-0.39, 0.29) is 24.0 Å². The molecule has 2 N–H and O–H groups in total. The summed E-state index contributed by atoms with van der Waals surface area (Å²) in [6, 6.07) is 8.61. The minimum absolute atomic E-state index is 0. The van der Waals surface area contributed by atoms with E-state index < -0.39 is 0 Å². The van der Waals surface area contributed by atoms with Crippen molar-refractivity contribution in [3.63, 3.8) is 0 Å². The molecule has 0 amide bonds. The van der Waals surface area contributed by atoms with Crippen LogP contribution in [0.4, 0.5) is 5.69 Å². The second-order valence-corrected chi connectivity index (χ2v) is 8.70. The van der Waals surface area contributed by atoms with E-state index in [1.807, 2.05) is 19.2 Å². The summed E-state index contributed by atoms with van der Waals surface area (Å²) in [4.78, 5) is 6.86. The summed E-state index contributed by atoms with van der Waals surface area (Å²) in [6.07, 6.45) is 9.07. The molecule has 2 aliphatic rings. The molecule has 2 aliphatic heterocycles. The number of anilines is 1. The van der Waals surface area contributed by atoms with Gasteiger partial charge < -0.3 is 24.8 Å². The molecule has 0 spiro atoms. The van der Waals surface area contributed by atoms with Crippen LogP contribution in [0.15, 0.2) is 29.3 Å². The van der Waals surface area contributed by atoms with Crippen molar-refractivity contribution in [2.45, 2.75) is 64.0 Å². The molecule has 0 radical (unpaired) electrons. The number of hydrogen-bond acceptors (Lipinski definition) is 5. The molecule has 33 heavy (non-hydrogen) atoms. The topological polar surface area (TPSA) is 79.6 Å². The molecule has 3 heterocycles. The fraction of sp³-hybridized carbons (Fsp3) is 0.625. The van der Waals surface area contributed by atoms with Crippen LogP contribution in [0.2, 0.25) is 0 Å². The Morgan fingerprint density at radius 1 is 1.15 bits per heavy atom. The van der Waals surface area contributed by atoms with Gasteiger partial charge in [0, 0.05) is 52.1 Å². The number of fused-ring (bicyclic) bond motifs is 1. The molecular weight excluding hydrogens is 529 g/mol. The second-order valence-electron chi connectivity index (χ2n) is 8.70. The zero-order valence-corrected chi connectivity index (χ0v) is 22.3. The van der Waals surface area contributed by atoms with Crippen LogP contribution in [0.25, 0.3) is 0 Å². The van der Waals surface area contributed by atoms with Crippen molar-refractivity contribution in [1.29, 1.82) is 0 Å². The number of aliphatic imine (C=N–C) groups is 1. The Morgan fingerprint density at radius 3 is 2.88 bits per heavy atom. The van der Waals surface area contributed by atoms with Crippen molar-refractivity contribution in [2.75, 3.05) is 38.7 Å². The third-order valence-electron chi connectivity index (χ3n) is 6.47. The van der Waals surface area contributed by atoms with Crippen LogP contribution in [-0.2, 0) is 19.4 Å². The monoisotopic (exact) mass is 567 g/mol. The Morgan fingerprint density at radius 2 is 2.03 bits per heavy atom. The van der Waals surface area contributed by atoms with Gasteiger partial charge in [0.05, 0.1) is 12.8 Å². The van der Waals surface area contributed by atoms with Gasteiger partial charge in [-0.25, -0.2) is 0 Å². The smallest absolute Gasteiger partial charge is 0.191 e. The Kier molecular flexibility index (Phi) is 10.1. The molecule has 0 bridgehead atoms. The average Bonchev–Trinajstić information content (AvgIpc) is 3.06. The zero-order valence-electron chi connectivity index (χ0n) is 19.9. The van der Waals surface area contributed by atoms with E-state index in [1.165, 1.54) is 25.1 Å². The molecule has 0 saturated carbocycles. The lowest BCUT2D eigenvalue weighted by molar-refractivity contribution is 0.408. The number of nitrogens with one attached hydrogen (secondary N) is 2. The first-order valence-corrected chi connectivity index (χ1v) is 12.0. The molecule has 4 rings (SSSR count). The van der Waals surface area contributed by atoms with Crippen molar-refractivity contribution in [1.82, 2.24) is 25.4 Å². The standard InChI is InChI=1S/C24H37N7O.HI/c1-25-24(26-15-8-14-23-29-28-22-13-4-3-7-17-31(22)23)27-19-10-9-16-30(18-19)20-11-5-6-12-21(20)32-2;/h5-6,11-12,19H,3-4,7-10,13-18H2,1-2H3,(H2,25,26,27);1H. The van der Waals surface area contributed by atoms with Crippen LogP contribution < -0.4 is 20.3 Å². The van der Waals surface area contributed by atoms with Crippen molar-refractivity contribution in [2.24, 2.45) is 4.99 Å². The first-order chi connectivity index (χ1) is 15.8. The van der Waals surface area contributed by atoms with Crippen LogP contribution in [0.5, 0.6) is 5.75 Å². The fourth-order valence-corrected chi connectivity index (χ4v) is 4.78. The molecule has 1 aromatic carbocycles. The van der Waals surface area contributed by atoms with Crippen molar-refractivity contribution in [3.05, 3.63) is 35.9 Å². The van der Waals surface area contributed by atoms with Crippen LogP contribution in [0.3, 0.4) is 0 Å². The molecule has 8 nitrogen and oxygen atoms in total. The van der Waals surface area contributed by atoms with Gasteiger partial charge in [-0.3, -0.25) is 4.99 Å². The lowest BCUT2D eigenvalue weighted by atomic mass is 10.0. The highest BCUT2D eigenvalue weighted by Crippen LogP contribution is 2.29. The maximum Gasteiger partial charge on any atom is 0.191 e. The Hall–Kier alpha value is -2.04. The fourth-order valence-electron chi connectivity index (χ4n) is 4.78. The van der Waals surface area contributed by atoms with E-state index >= 15 is 0 Å². The number of para-hydroxylation sites is 2. The Bertz CT molecular complexity index is 901. The maximum atomic E-state index is 5.56. The van der Waals surface area contributed by atoms with E-state index in [4.69, 9.17) is 4.74 Å². The van der Waals surface area contributed by atoms with E-state index in [9.17, 15) is 0 Å². The number of piperidine rings is 1. The van der Waals surface area contributed by atoms with Gasteiger partial charge in [0.15, 0.2) is 5.96 Å². The third-order valence-corrected chi connectivity index (χ3v) is 6.47. The molecule has 1 aromatic heterocycles. The second kappa shape index (κ2) is 13.0.